The van der Waals surface area contributed by atoms with Crippen LogP contribution in [0.2, 0.25) is 0 Å². The van der Waals surface area contributed by atoms with Crippen molar-refractivity contribution >= 4 is 5.69 Å². The maximum Gasteiger partial charge on any atom is 0.167 e. The van der Waals surface area contributed by atoms with Gasteiger partial charge in [-0.25, -0.2) is 4.39 Å². The molecule has 0 spiro atoms. The first-order valence-electron chi connectivity index (χ1n) is 6.20. The second kappa shape index (κ2) is 5.45. The molecule has 94 valence electrons. The Kier molecular flexibility index (Phi) is 3.94. The fourth-order valence-corrected chi connectivity index (χ4v) is 2.17. The molecule has 1 unspecified atom stereocenters. The molecule has 3 nitrogen and oxygen atoms in total. The SMILES string of the molecule is CCC1CCN(c2ccnc(C)c2F)CCO1. The van der Waals surface area contributed by atoms with Crippen LogP contribution in [0.25, 0.3) is 0 Å². The summed E-state index contributed by atoms with van der Waals surface area (Å²) < 4.78 is 19.6. The lowest BCUT2D eigenvalue weighted by molar-refractivity contribution is 0.0626. The highest BCUT2D eigenvalue weighted by molar-refractivity contribution is 5.48. The number of ether oxygens (including phenoxy) is 1. The lowest BCUT2D eigenvalue weighted by Gasteiger charge is -2.22. The van der Waals surface area contributed by atoms with Crippen LogP contribution in [-0.4, -0.2) is 30.8 Å². The van der Waals surface area contributed by atoms with Crippen LogP contribution in [0.4, 0.5) is 10.1 Å². The Balaban J connectivity index is 2.14. The molecule has 0 bridgehead atoms. The lowest BCUT2D eigenvalue weighted by atomic mass is 10.2. The number of halogens is 1. The van der Waals surface area contributed by atoms with E-state index in [9.17, 15) is 4.39 Å². The van der Waals surface area contributed by atoms with Gasteiger partial charge >= 0.3 is 0 Å². The fourth-order valence-electron chi connectivity index (χ4n) is 2.17. The smallest absolute Gasteiger partial charge is 0.167 e. The van der Waals surface area contributed by atoms with Gasteiger partial charge in [0.05, 0.1) is 24.1 Å². The molecule has 1 aliphatic heterocycles. The summed E-state index contributed by atoms with van der Waals surface area (Å²) >= 11 is 0. The van der Waals surface area contributed by atoms with Gasteiger partial charge in [-0.15, -0.1) is 0 Å². The third kappa shape index (κ3) is 2.75. The summed E-state index contributed by atoms with van der Waals surface area (Å²) in [7, 11) is 0. The van der Waals surface area contributed by atoms with Crippen LogP contribution in [0.5, 0.6) is 0 Å². The van der Waals surface area contributed by atoms with Gasteiger partial charge in [0.2, 0.25) is 0 Å². The van der Waals surface area contributed by atoms with Gasteiger partial charge in [0, 0.05) is 19.3 Å². The van der Waals surface area contributed by atoms with E-state index in [1.54, 1.807) is 19.2 Å². The van der Waals surface area contributed by atoms with Crippen molar-refractivity contribution in [1.29, 1.82) is 0 Å². The third-order valence-corrected chi connectivity index (χ3v) is 3.27. The normalized spacial score (nSPS) is 21.4. The van der Waals surface area contributed by atoms with Crippen molar-refractivity contribution in [3.63, 3.8) is 0 Å². The molecule has 1 atom stereocenters. The van der Waals surface area contributed by atoms with Crippen LogP contribution in [0.1, 0.15) is 25.5 Å². The van der Waals surface area contributed by atoms with Crippen molar-refractivity contribution in [1.82, 2.24) is 4.98 Å². The Bertz CT molecular complexity index is 384. The molecule has 17 heavy (non-hydrogen) atoms. The molecule has 0 saturated carbocycles. The van der Waals surface area contributed by atoms with Crippen molar-refractivity contribution in [3.05, 3.63) is 23.8 Å². The topological polar surface area (TPSA) is 25.4 Å². The Morgan fingerprint density at radius 1 is 1.53 bits per heavy atom. The summed E-state index contributed by atoms with van der Waals surface area (Å²) in [5.41, 5.74) is 1.11. The number of pyridine rings is 1. The van der Waals surface area contributed by atoms with Crippen LogP contribution in [0.3, 0.4) is 0 Å². The van der Waals surface area contributed by atoms with E-state index in [1.165, 1.54) is 0 Å². The molecule has 1 aromatic heterocycles. The summed E-state index contributed by atoms with van der Waals surface area (Å²) in [6, 6.07) is 1.74. The molecule has 0 aromatic carbocycles. The summed E-state index contributed by atoms with van der Waals surface area (Å²) in [6.45, 7) is 6.08. The molecule has 1 aliphatic rings. The largest absolute Gasteiger partial charge is 0.376 e. The van der Waals surface area contributed by atoms with Crippen molar-refractivity contribution in [2.45, 2.75) is 32.8 Å². The van der Waals surface area contributed by atoms with E-state index in [0.717, 1.165) is 25.9 Å². The van der Waals surface area contributed by atoms with E-state index < -0.39 is 0 Å². The molecule has 0 radical (unpaired) electrons. The summed E-state index contributed by atoms with van der Waals surface area (Å²) in [5.74, 6) is -0.206. The Morgan fingerprint density at radius 3 is 3.12 bits per heavy atom. The highest BCUT2D eigenvalue weighted by atomic mass is 19.1. The van der Waals surface area contributed by atoms with E-state index in [-0.39, 0.29) is 5.82 Å². The highest BCUT2D eigenvalue weighted by Crippen LogP contribution is 2.22. The van der Waals surface area contributed by atoms with E-state index in [2.05, 4.69) is 16.8 Å². The number of hydrogen-bond donors (Lipinski definition) is 0. The van der Waals surface area contributed by atoms with Crippen molar-refractivity contribution in [2.24, 2.45) is 0 Å². The summed E-state index contributed by atoms with van der Waals surface area (Å²) in [6.07, 6.45) is 3.95. The highest BCUT2D eigenvalue weighted by Gasteiger charge is 2.19. The molecule has 2 heterocycles. The predicted octanol–water partition coefficient (Wildman–Crippen LogP) is 2.53. The number of rotatable bonds is 2. The third-order valence-electron chi connectivity index (χ3n) is 3.27. The number of hydrogen-bond acceptors (Lipinski definition) is 3. The zero-order valence-corrected chi connectivity index (χ0v) is 10.4. The molecule has 0 aliphatic carbocycles. The molecular weight excluding hydrogens is 219 g/mol. The van der Waals surface area contributed by atoms with Gasteiger partial charge in [-0.2, -0.15) is 0 Å². The minimum absolute atomic E-state index is 0.206. The van der Waals surface area contributed by atoms with Crippen LogP contribution < -0.4 is 4.90 Å². The molecular formula is C13H19FN2O. The van der Waals surface area contributed by atoms with Gasteiger partial charge in [-0.05, 0) is 25.8 Å². The van der Waals surface area contributed by atoms with Crippen LogP contribution in [0.15, 0.2) is 12.3 Å². The van der Waals surface area contributed by atoms with Crippen LogP contribution >= 0.6 is 0 Å². The van der Waals surface area contributed by atoms with Crippen molar-refractivity contribution in [2.75, 3.05) is 24.6 Å². The number of anilines is 1. The quantitative estimate of drug-likeness (QED) is 0.791. The molecule has 0 amide bonds. The molecule has 4 heteroatoms. The lowest BCUT2D eigenvalue weighted by Crippen LogP contribution is -2.27. The van der Waals surface area contributed by atoms with Gasteiger partial charge < -0.3 is 9.64 Å². The Labute approximate surface area is 102 Å². The minimum atomic E-state index is -0.206. The number of aryl methyl sites for hydroxylation is 1. The first kappa shape index (κ1) is 12.3. The molecule has 1 fully saturated rings. The van der Waals surface area contributed by atoms with E-state index in [0.29, 0.717) is 24.1 Å². The molecule has 1 aromatic rings. The number of aromatic nitrogens is 1. The van der Waals surface area contributed by atoms with E-state index >= 15 is 0 Å². The fraction of sp³-hybridized carbons (Fsp3) is 0.615. The van der Waals surface area contributed by atoms with Gasteiger partial charge in [-0.3, -0.25) is 4.98 Å². The zero-order chi connectivity index (χ0) is 12.3. The van der Waals surface area contributed by atoms with Crippen molar-refractivity contribution in [3.8, 4) is 0 Å². The van der Waals surface area contributed by atoms with Gasteiger partial charge in [0.1, 0.15) is 0 Å². The summed E-state index contributed by atoms with van der Waals surface area (Å²) in [5, 5.41) is 0. The Morgan fingerprint density at radius 2 is 2.35 bits per heavy atom. The maximum absolute atomic E-state index is 14.0. The zero-order valence-electron chi connectivity index (χ0n) is 10.4. The minimum Gasteiger partial charge on any atom is -0.376 e. The Hall–Kier alpha value is -1.16. The average molecular weight is 238 g/mol. The van der Waals surface area contributed by atoms with Crippen LogP contribution in [0, 0.1) is 12.7 Å². The van der Waals surface area contributed by atoms with E-state index in [1.807, 2.05) is 0 Å². The van der Waals surface area contributed by atoms with Gasteiger partial charge in [0.25, 0.3) is 0 Å². The van der Waals surface area contributed by atoms with Crippen LogP contribution in [-0.2, 0) is 4.74 Å². The summed E-state index contributed by atoms with van der Waals surface area (Å²) in [4.78, 5) is 6.01. The standard InChI is InChI=1S/C13H19FN2O/c1-3-11-5-7-16(8-9-17-11)12-4-6-15-10(2)13(12)14/h4,6,11H,3,5,7-9H2,1-2H3. The average Bonchev–Trinajstić information content (AvgIpc) is 2.58. The monoisotopic (exact) mass is 238 g/mol. The first-order valence-corrected chi connectivity index (χ1v) is 6.20. The van der Waals surface area contributed by atoms with Gasteiger partial charge in [0.15, 0.2) is 5.82 Å². The second-order valence-electron chi connectivity index (χ2n) is 4.41. The first-order chi connectivity index (χ1) is 8.22. The molecule has 1 saturated heterocycles. The van der Waals surface area contributed by atoms with E-state index in [4.69, 9.17) is 4.74 Å². The van der Waals surface area contributed by atoms with Crippen molar-refractivity contribution < 1.29 is 9.13 Å². The predicted molar refractivity (Wildman–Crippen MR) is 65.8 cm³/mol. The molecule has 2 rings (SSSR count). The van der Waals surface area contributed by atoms with Gasteiger partial charge in [-0.1, -0.05) is 6.92 Å². The maximum atomic E-state index is 14.0. The number of nitrogens with zero attached hydrogens (tertiary/aromatic N) is 2. The second-order valence-corrected chi connectivity index (χ2v) is 4.41. The molecule has 0 N–H and O–H groups in total.